The van der Waals surface area contributed by atoms with Gasteiger partial charge >= 0.3 is 21.1 Å². The van der Waals surface area contributed by atoms with Gasteiger partial charge in [0.15, 0.2) is 0 Å². The summed E-state index contributed by atoms with van der Waals surface area (Å²) in [5.41, 5.74) is 4.39. The first-order valence-electron chi connectivity index (χ1n) is 5.20. The smallest absolute Gasteiger partial charge is 0.293 e. The van der Waals surface area contributed by atoms with Gasteiger partial charge in [-0.3, -0.25) is 6.58 Å². The van der Waals surface area contributed by atoms with E-state index in [0.29, 0.717) is 0 Å². The SMILES string of the molecule is [CH-]=CC1=CC(C)(C)C(C)=C(C)C1(C)C.[W+2]. The Hall–Kier alpha value is -0.0917. The molecule has 0 nitrogen and oxygen atoms in total. The Labute approximate surface area is 109 Å². The maximum absolute atomic E-state index is 5.69. The molecular formula is C14H21W+. The van der Waals surface area contributed by atoms with Crippen LogP contribution in [0.2, 0.25) is 0 Å². The molecule has 0 aliphatic heterocycles. The van der Waals surface area contributed by atoms with Gasteiger partial charge in [-0.15, -0.1) is 0 Å². The first kappa shape index (κ1) is 14.9. The molecule has 0 fully saturated rings. The van der Waals surface area contributed by atoms with Crippen LogP contribution < -0.4 is 0 Å². The summed E-state index contributed by atoms with van der Waals surface area (Å²) in [6, 6.07) is 0. The molecular weight excluding hydrogens is 352 g/mol. The molecule has 0 aromatic carbocycles. The Bertz CT molecular complexity index is 323. The number of rotatable bonds is 1. The molecule has 0 unspecified atom stereocenters. The van der Waals surface area contributed by atoms with Crippen LogP contribution in [0.5, 0.6) is 0 Å². The van der Waals surface area contributed by atoms with Crippen LogP contribution in [0.15, 0.2) is 28.9 Å². The van der Waals surface area contributed by atoms with Crippen molar-refractivity contribution in [3.05, 3.63) is 35.5 Å². The molecule has 1 rings (SSSR count). The van der Waals surface area contributed by atoms with Crippen molar-refractivity contribution in [1.29, 1.82) is 0 Å². The molecule has 82 valence electrons. The maximum Gasteiger partial charge on any atom is 2.00 e. The third kappa shape index (κ3) is 2.36. The van der Waals surface area contributed by atoms with E-state index in [9.17, 15) is 0 Å². The van der Waals surface area contributed by atoms with E-state index in [1.54, 1.807) is 6.08 Å². The Kier molecular flexibility index (Phi) is 4.39. The van der Waals surface area contributed by atoms with Crippen LogP contribution in [-0.2, 0) is 21.1 Å². The Morgan fingerprint density at radius 2 is 1.53 bits per heavy atom. The molecule has 1 heteroatoms. The molecule has 0 radical (unpaired) electrons. The Morgan fingerprint density at radius 1 is 1.07 bits per heavy atom. The molecule has 0 atom stereocenters. The summed E-state index contributed by atoms with van der Waals surface area (Å²) in [6.07, 6.45) is 4.03. The second kappa shape index (κ2) is 4.42. The van der Waals surface area contributed by atoms with E-state index >= 15 is 0 Å². The largest absolute Gasteiger partial charge is 2.00 e. The minimum Gasteiger partial charge on any atom is -0.293 e. The Balaban J connectivity index is 0.00000196. The second-order valence-electron chi connectivity index (χ2n) is 5.36. The van der Waals surface area contributed by atoms with E-state index < -0.39 is 0 Å². The summed E-state index contributed by atoms with van der Waals surface area (Å²) in [5.74, 6) is 0. The molecule has 0 spiro atoms. The van der Waals surface area contributed by atoms with Crippen molar-refractivity contribution in [1.82, 2.24) is 0 Å². The number of allylic oxidation sites excluding steroid dienone is 5. The first-order chi connectivity index (χ1) is 6.23. The quantitative estimate of drug-likeness (QED) is 0.475. The minimum absolute atomic E-state index is 0. The van der Waals surface area contributed by atoms with Crippen LogP contribution in [0.3, 0.4) is 0 Å². The zero-order valence-corrected chi connectivity index (χ0v) is 13.6. The fraction of sp³-hybridized carbons (Fsp3) is 0.571. The van der Waals surface area contributed by atoms with E-state index in [1.807, 2.05) is 0 Å². The fourth-order valence-corrected chi connectivity index (χ4v) is 2.10. The van der Waals surface area contributed by atoms with Gasteiger partial charge < -0.3 is 0 Å². The van der Waals surface area contributed by atoms with Crippen LogP contribution in [0.4, 0.5) is 0 Å². The van der Waals surface area contributed by atoms with E-state index in [2.05, 4.69) is 47.6 Å². The number of hydrogen-bond acceptors (Lipinski definition) is 0. The van der Waals surface area contributed by atoms with Gasteiger partial charge in [-0.25, -0.2) is 6.08 Å². The predicted octanol–water partition coefficient (Wildman–Crippen LogP) is 4.30. The van der Waals surface area contributed by atoms with Crippen LogP contribution in [0.1, 0.15) is 41.5 Å². The molecule has 1 aliphatic rings. The van der Waals surface area contributed by atoms with E-state index in [-0.39, 0.29) is 31.9 Å². The molecule has 0 saturated heterocycles. The second-order valence-corrected chi connectivity index (χ2v) is 5.36. The Morgan fingerprint density at radius 3 is 1.93 bits per heavy atom. The van der Waals surface area contributed by atoms with Crippen molar-refractivity contribution < 1.29 is 21.1 Å². The van der Waals surface area contributed by atoms with Crippen molar-refractivity contribution in [2.24, 2.45) is 10.8 Å². The third-order valence-corrected chi connectivity index (χ3v) is 3.88. The van der Waals surface area contributed by atoms with Gasteiger partial charge in [0, 0.05) is 0 Å². The molecule has 0 saturated carbocycles. The summed E-state index contributed by atoms with van der Waals surface area (Å²) >= 11 is 0. The summed E-state index contributed by atoms with van der Waals surface area (Å²) in [5, 5.41) is 0. The van der Waals surface area contributed by atoms with Crippen molar-refractivity contribution in [2.75, 3.05) is 0 Å². The monoisotopic (exact) mass is 373 g/mol. The summed E-state index contributed by atoms with van der Waals surface area (Å²) in [7, 11) is 0. The molecule has 1 aliphatic carbocycles. The van der Waals surface area contributed by atoms with Gasteiger partial charge in [-0.05, 0) is 19.3 Å². The summed E-state index contributed by atoms with van der Waals surface area (Å²) in [6.45, 7) is 19.1. The van der Waals surface area contributed by atoms with Gasteiger partial charge in [-0.1, -0.05) is 44.3 Å². The van der Waals surface area contributed by atoms with Crippen LogP contribution >= 0.6 is 0 Å². The topological polar surface area (TPSA) is 0 Å². The van der Waals surface area contributed by atoms with Crippen LogP contribution in [0.25, 0.3) is 0 Å². The number of hydrogen-bond donors (Lipinski definition) is 0. The molecule has 0 amide bonds. The van der Waals surface area contributed by atoms with Crippen molar-refractivity contribution in [3.8, 4) is 0 Å². The average molecular weight is 373 g/mol. The molecule has 0 bridgehead atoms. The van der Waals surface area contributed by atoms with Crippen LogP contribution in [-0.4, -0.2) is 0 Å². The van der Waals surface area contributed by atoms with Gasteiger partial charge in [-0.2, -0.15) is 11.6 Å². The van der Waals surface area contributed by atoms with Crippen molar-refractivity contribution in [3.63, 3.8) is 0 Å². The zero-order valence-electron chi connectivity index (χ0n) is 10.6. The van der Waals surface area contributed by atoms with Gasteiger partial charge in [0.05, 0.1) is 0 Å². The van der Waals surface area contributed by atoms with E-state index in [0.717, 1.165) is 0 Å². The molecule has 0 N–H and O–H groups in total. The predicted molar refractivity (Wildman–Crippen MR) is 62.9 cm³/mol. The molecule has 0 aromatic rings. The summed E-state index contributed by atoms with van der Waals surface area (Å²) in [4.78, 5) is 0. The molecule has 15 heavy (non-hydrogen) atoms. The van der Waals surface area contributed by atoms with Gasteiger partial charge in [0.2, 0.25) is 0 Å². The summed E-state index contributed by atoms with van der Waals surface area (Å²) < 4.78 is 0. The maximum atomic E-state index is 5.69. The van der Waals surface area contributed by atoms with Crippen molar-refractivity contribution >= 4 is 0 Å². The van der Waals surface area contributed by atoms with E-state index in [4.69, 9.17) is 6.58 Å². The van der Waals surface area contributed by atoms with Gasteiger partial charge in [0.25, 0.3) is 0 Å². The minimum atomic E-state index is 0. The average Bonchev–Trinajstić information content (AvgIpc) is 2.09. The van der Waals surface area contributed by atoms with Crippen LogP contribution in [0, 0.1) is 17.4 Å². The van der Waals surface area contributed by atoms with E-state index in [1.165, 1.54) is 16.7 Å². The van der Waals surface area contributed by atoms with Gasteiger partial charge in [0.1, 0.15) is 0 Å². The third-order valence-electron chi connectivity index (χ3n) is 3.88. The molecule has 0 aromatic heterocycles. The fourth-order valence-electron chi connectivity index (χ4n) is 2.10. The zero-order chi connectivity index (χ0) is 11.1. The standard InChI is InChI=1S/C14H21.W/c1-8-12-9-13(4,5)10(2)11(3)14(12,6)7;/h1,8-9H,2-7H3;/q-1;+2. The first-order valence-corrected chi connectivity index (χ1v) is 5.20. The normalized spacial score (nSPS) is 22.9. The van der Waals surface area contributed by atoms with Crippen molar-refractivity contribution in [2.45, 2.75) is 41.5 Å². The molecule has 0 heterocycles.